The van der Waals surface area contributed by atoms with Crippen LogP contribution in [-0.2, 0) is 10.0 Å². The summed E-state index contributed by atoms with van der Waals surface area (Å²) in [5.74, 6) is 0. The molecule has 0 aliphatic heterocycles. The predicted octanol–water partition coefficient (Wildman–Crippen LogP) is 0.478. The first-order valence-corrected chi connectivity index (χ1v) is 4.99. The van der Waals surface area contributed by atoms with Crippen molar-refractivity contribution in [3.63, 3.8) is 0 Å². The largest absolute Gasteiger partial charge is 0.218 e. The summed E-state index contributed by atoms with van der Waals surface area (Å²) >= 11 is 0. The van der Waals surface area contributed by atoms with Crippen molar-refractivity contribution in [1.29, 1.82) is 0 Å². The molecule has 60 valence electrons. The Bertz CT molecular complexity index is 216. The molecule has 0 spiro atoms. The van der Waals surface area contributed by atoms with Crippen LogP contribution in [0, 0.1) is 0 Å². The van der Waals surface area contributed by atoms with Gasteiger partial charge in [0.15, 0.2) is 0 Å². The van der Waals surface area contributed by atoms with Crippen molar-refractivity contribution < 1.29 is 8.42 Å². The Morgan fingerprint density at radius 2 is 2.00 bits per heavy atom. The molecule has 1 saturated carbocycles. The van der Waals surface area contributed by atoms with Crippen LogP contribution >= 0.6 is 0 Å². The minimum Gasteiger partial charge on any atom is -0.218 e. The van der Waals surface area contributed by atoms with Crippen LogP contribution in [0.3, 0.4) is 0 Å². The van der Waals surface area contributed by atoms with Crippen molar-refractivity contribution in [3.05, 3.63) is 0 Å². The number of hydrogen-bond acceptors (Lipinski definition) is 2. The van der Waals surface area contributed by atoms with Crippen LogP contribution in [0.5, 0.6) is 0 Å². The predicted molar refractivity (Wildman–Crippen MR) is 40.2 cm³/mol. The van der Waals surface area contributed by atoms with Gasteiger partial charge in [-0.2, -0.15) is 0 Å². The van der Waals surface area contributed by atoms with Crippen molar-refractivity contribution in [3.8, 4) is 0 Å². The van der Waals surface area contributed by atoms with Gasteiger partial charge in [-0.05, 0) is 26.3 Å². The van der Waals surface area contributed by atoms with E-state index in [4.69, 9.17) is 0 Å². The average Bonchev–Trinajstić information content (AvgIpc) is 2.67. The van der Waals surface area contributed by atoms with Crippen LogP contribution in [0.15, 0.2) is 0 Å². The van der Waals surface area contributed by atoms with Gasteiger partial charge in [0.25, 0.3) is 0 Å². The minimum atomic E-state index is -2.99. The molecular formula is C6H13NO2S. The number of hydrogen-bond donors (Lipinski definition) is 1. The monoisotopic (exact) mass is 163 g/mol. The first-order valence-electron chi connectivity index (χ1n) is 3.51. The summed E-state index contributed by atoms with van der Waals surface area (Å²) in [7, 11) is -1.51. The fraction of sp³-hybridized carbons (Fsp3) is 1.00. The first-order chi connectivity index (χ1) is 4.58. The summed E-state index contributed by atoms with van der Waals surface area (Å²) in [5, 5.41) is 0. The zero-order valence-corrected chi connectivity index (χ0v) is 7.16. The van der Waals surface area contributed by atoms with Crippen LogP contribution in [-0.4, -0.2) is 20.2 Å². The van der Waals surface area contributed by atoms with Crippen LogP contribution < -0.4 is 4.72 Å². The molecule has 0 aromatic carbocycles. The smallest absolute Gasteiger partial charge is 0.217 e. The van der Waals surface area contributed by atoms with E-state index in [-0.39, 0.29) is 0 Å². The minimum absolute atomic E-state index is 0.401. The number of nitrogens with one attached hydrogen (secondary N) is 1. The molecule has 0 radical (unpaired) electrons. The quantitative estimate of drug-likeness (QED) is 0.657. The van der Waals surface area contributed by atoms with E-state index in [0.29, 0.717) is 0 Å². The Morgan fingerprint density at radius 3 is 2.10 bits per heavy atom. The van der Waals surface area contributed by atoms with Gasteiger partial charge in [0.05, 0.1) is 4.75 Å². The Morgan fingerprint density at radius 1 is 1.50 bits per heavy atom. The van der Waals surface area contributed by atoms with E-state index >= 15 is 0 Å². The fourth-order valence-corrected chi connectivity index (χ4v) is 2.62. The van der Waals surface area contributed by atoms with E-state index < -0.39 is 14.8 Å². The van der Waals surface area contributed by atoms with E-state index in [9.17, 15) is 8.42 Å². The van der Waals surface area contributed by atoms with Gasteiger partial charge < -0.3 is 0 Å². The van der Waals surface area contributed by atoms with Gasteiger partial charge in [0.2, 0.25) is 10.0 Å². The van der Waals surface area contributed by atoms with E-state index in [0.717, 1.165) is 19.3 Å². The summed E-state index contributed by atoms with van der Waals surface area (Å²) in [5.41, 5.74) is 0. The van der Waals surface area contributed by atoms with Gasteiger partial charge in [-0.15, -0.1) is 0 Å². The molecule has 0 unspecified atom stereocenters. The second kappa shape index (κ2) is 2.20. The van der Waals surface area contributed by atoms with Crippen LogP contribution in [0.25, 0.3) is 0 Å². The molecule has 0 atom stereocenters. The Hall–Kier alpha value is -0.0900. The average molecular weight is 163 g/mol. The Kier molecular flexibility index (Phi) is 1.76. The van der Waals surface area contributed by atoms with E-state index in [1.807, 2.05) is 6.92 Å². The Labute approximate surface area is 61.9 Å². The molecule has 0 bridgehead atoms. The summed E-state index contributed by atoms with van der Waals surface area (Å²) in [6.07, 6.45) is 2.38. The lowest BCUT2D eigenvalue weighted by molar-refractivity contribution is 0.564. The molecule has 3 nitrogen and oxygen atoms in total. The zero-order valence-electron chi connectivity index (χ0n) is 6.35. The van der Waals surface area contributed by atoms with Gasteiger partial charge in [-0.25, -0.2) is 13.1 Å². The molecule has 4 heteroatoms. The van der Waals surface area contributed by atoms with Crippen molar-refractivity contribution >= 4 is 10.0 Å². The van der Waals surface area contributed by atoms with Crippen LogP contribution in [0.4, 0.5) is 0 Å². The molecule has 1 fully saturated rings. The third-order valence-corrected chi connectivity index (χ3v) is 4.67. The summed E-state index contributed by atoms with van der Waals surface area (Å²) < 4.78 is 24.4. The molecule has 0 aromatic rings. The molecule has 0 heterocycles. The number of rotatable bonds is 3. The van der Waals surface area contributed by atoms with Crippen LogP contribution in [0.2, 0.25) is 0 Å². The Balaban J connectivity index is 2.83. The molecule has 0 saturated heterocycles. The first kappa shape index (κ1) is 8.01. The molecular weight excluding hydrogens is 150 g/mol. The lowest BCUT2D eigenvalue weighted by Gasteiger charge is -2.11. The van der Waals surface area contributed by atoms with E-state index in [1.165, 1.54) is 7.05 Å². The van der Waals surface area contributed by atoms with Crippen molar-refractivity contribution in [2.24, 2.45) is 0 Å². The SMILES string of the molecule is CCC1(S(=O)(=O)NC)CC1. The topological polar surface area (TPSA) is 46.2 Å². The van der Waals surface area contributed by atoms with E-state index in [1.54, 1.807) is 0 Å². The fourth-order valence-electron chi connectivity index (χ4n) is 1.17. The molecule has 1 rings (SSSR count). The van der Waals surface area contributed by atoms with Crippen LogP contribution in [0.1, 0.15) is 26.2 Å². The second-order valence-electron chi connectivity index (χ2n) is 2.74. The van der Waals surface area contributed by atoms with Crippen molar-refractivity contribution in [1.82, 2.24) is 4.72 Å². The summed E-state index contributed by atoms with van der Waals surface area (Å²) in [6.45, 7) is 1.92. The van der Waals surface area contributed by atoms with Gasteiger partial charge >= 0.3 is 0 Å². The standard InChI is InChI=1S/C6H13NO2S/c1-3-6(4-5-6)10(8,9)7-2/h7H,3-5H2,1-2H3. The van der Waals surface area contributed by atoms with Gasteiger partial charge in [-0.1, -0.05) is 6.92 Å². The van der Waals surface area contributed by atoms with Crippen molar-refractivity contribution in [2.45, 2.75) is 30.9 Å². The maximum Gasteiger partial charge on any atom is 0.217 e. The highest BCUT2D eigenvalue weighted by molar-refractivity contribution is 7.91. The third-order valence-electron chi connectivity index (χ3n) is 2.29. The van der Waals surface area contributed by atoms with Gasteiger partial charge in [0.1, 0.15) is 0 Å². The highest BCUT2D eigenvalue weighted by Gasteiger charge is 2.52. The maximum absolute atomic E-state index is 11.2. The third kappa shape index (κ3) is 0.953. The highest BCUT2D eigenvalue weighted by Crippen LogP contribution is 2.45. The molecule has 1 N–H and O–H groups in total. The maximum atomic E-state index is 11.2. The van der Waals surface area contributed by atoms with E-state index in [2.05, 4.69) is 4.72 Å². The lowest BCUT2D eigenvalue weighted by atomic mass is 10.3. The molecule has 1 aliphatic carbocycles. The zero-order chi connectivity index (χ0) is 7.83. The summed E-state index contributed by atoms with van der Waals surface area (Å²) in [6, 6.07) is 0. The molecule has 10 heavy (non-hydrogen) atoms. The van der Waals surface area contributed by atoms with Gasteiger partial charge in [-0.3, -0.25) is 0 Å². The second-order valence-corrected chi connectivity index (χ2v) is 5.03. The van der Waals surface area contributed by atoms with Crippen molar-refractivity contribution in [2.75, 3.05) is 7.05 Å². The molecule has 0 aromatic heterocycles. The molecule has 0 amide bonds. The normalized spacial score (nSPS) is 22.6. The summed E-state index contributed by atoms with van der Waals surface area (Å²) in [4.78, 5) is 0. The molecule has 1 aliphatic rings. The highest BCUT2D eigenvalue weighted by atomic mass is 32.2. The lowest BCUT2D eigenvalue weighted by Crippen LogP contribution is -2.32. The van der Waals surface area contributed by atoms with Gasteiger partial charge in [0, 0.05) is 0 Å². The number of sulfonamides is 1.